The molecule has 3 aromatic carbocycles. The van der Waals surface area contributed by atoms with Gasteiger partial charge in [0, 0.05) is 9.79 Å². The number of sulfone groups is 1. The number of amides is 1. The van der Waals surface area contributed by atoms with Gasteiger partial charge in [0.25, 0.3) is 0 Å². The van der Waals surface area contributed by atoms with Crippen molar-refractivity contribution in [3.63, 3.8) is 0 Å². The molecule has 6 heteroatoms. The first-order chi connectivity index (χ1) is 13.0. The minimum atomic E-state index is -3.54. The van der Waals surface area contributed by atoms with E-state index in [2.05, 4.69) is 5.32 Å². The SMILES string of the molecule is O=C(CS(=O)(=O)Cc1ccccc1)Nc1ccccc1Sc1ccccc1. The summed E-state index contributed by atoms with van der Waals surface area (Å²) < 4.78 is 24.6. The van der Waals surface area contributed by atoms with Gasteiger partial charge in [-0.25, -0.2) is 8.42 Å². The smallest absolute Gasteiger partial charge is 0.239 e. The fraction of sp³-hybridized carbons (Fsp3) is 0.0952. The number of rotatable bonds is 7. The van der Waals surface area contributed by atoms with Gasteiger partial charge in [0.2, 0.25) is 5.91 Å². The normalized spacial score (nSPS) is 11.1. The predicted molar refractivity (Wildman–Crippen MR) is 110 cm³/mol. The molecule has 0 saturated carbocycles. The molecule has 27 heavy (non-hydrogen) atoms. The van der Waals surface area contributed by atoms with Crippen molar-refractivity contribution in [2.75, 3.05) is 11.1 Å². The van der Waals surface area contributed by atoms with Crippen LogP contribution in [0.4, 0.5) is 5.69 Å². The Morgan fingerprint density at radius 1 is 0.815 bits per heavy atom. The number of hydrogen-bond donors (Lipinski definition) is 1. The summed E-state index contributed by atoms with van der Waals surface area (Å²) in [5.74, 6) is -1.24. The number of carbonyl (C=O) groups excluding carboxylic acids is 1. The molecule has 138 valence electrons. The first-order valence-corrected chi connectivity index (χ1v) is 11.0. The molecule has 0 saturated heterocycles. The van der Waals surface area contributed by atoms with E-state index in [9.17, 15) is 13.2 Å². The monoisotopic (exact) mass is 397 g/mol. The van der Waals surface area contributed by atoms with Crippen LogP contribution in [0.1, 0.15) is 5.56 Å². The van der Waals surface area contributed by atoms with Crippen LogP contribution in [-0.2, 0) is 20.4 Å². The van der Waals surface area contributed by atoms with E-state index in [1.165, 1.54) is 11.8 Å². The highest BCUT2D eigenvalue weighted by atomic mass is 32.2. The Morgan fingerprint density at radius 3 is 2.11 bits per heavy atom. The molecule has 0 heterocycles. The second-order valence-corrected chi connectivity index (χ2v) is 9.16. The van der Waals surface area contributed by atoms with E-state index in [0.29, 0.717) is 11.3 Å². The average molecular weight is 398 g/mol. The second kappa shape index (κ2) is 8.88. The third-order valence-corrected chi connectivity index (χ3v) is 6.27. The maximum atomic E-state index is 12.3. The van der Waals surface area contributed by atoms with Crippen LogP contribution >= 0.6 is 11.8 Å². The molecule has 0 fully saturated rings. The number of carbonyl (C=O) groups is 1. The summed E-state index contributed by atoms with van der Waals surface area (Å²) in [4.78, 5) is 14.2. The van der Waals surface area contributed by atoms with Gasteiger partial charge in [-0.1, -0.05) is 72.4 Å². The molecular formula is C21H19NO3S2. The highest BCUT2D eigenvalue weighted by Crippen LogP contribution is 2.33. The third-order valence-electron chi connectivity index (χ3n) is 3.71. The third kappa shape index (κ3) is 5.98. The number of hydrogen-bond acceptors (Lipinski definition) is 4. The van der Waals surface area contributed by atoms with Crippen molar-refractivity contribution in [2.45, 2.75) is 15.5 Å². The van der Waals surface area contributed by atoms with Crippen molar-refractivity contribution in [3.05, 3.63) is 90.5 Å². The lowest BCUT2D eigenvalue weighted by Crippen LogP contribution is -2.24. The van der Waals surface area contributed by atoms with Crippen molar-refractivity contribution in [3.8, 4) is 0 Å². The number of benzene rings is 3. The van der Waals surface area contributed by atoms with Crippen LogP contribution in [0.2, 0.25) is 0 Å². The van der Waals surface area contributed by atoms with Crippen LogP contribution in [0.25, 0.3) is 0 Å². The minimum absolute atomic E-state index is 0.151. The van der Waals surface area contributed by atoms with E-state index in [1.54, 1.807) is 30.3 Å². The summed E-state index contributed by atoms with van der Waals surface area (Å²) >= 11 is 1.51. The zero-order valence-corrected chi connectivity index (χ0v) is 16.2. The number of anilines is 1. The Balaban J connectivity index is 1.67. The van der Waals surface area contributed by atoms with Gasteiger partial charge in [0.15, 0.2) is 9.84 Å². The van der Waals surface area contributed by atoms with Gasteiger partial charge in [0.05, 0.1) is 11.4 Å². The van der Waals surface area contributed by atoms with Crippen LogP contribution in [0.5, 0.6) is 0 Å². The van der Waals surface area contributed by atoms with Crippen molar-refractivity contribution >= 4 is 33.2 Å². The quantitative estimate of drug-likeness (QED) is 0.642. The van der Waals surface area contributed by atoms with Gasteiger partial charge < -0.3 is 5.32 Å². The molecule has 0 bridgehead atoms. The molecular weight excluding hydrogens is 378 g/mol. The summed E-state index contributed by atoms with van der Waals surface area (Å²) in [6, 6.07) is 26.0. The fourth-order valence-electron chi connectivity index (χ4n) is 2.54. The largest absolute Gasteiger partial charge is 0.324 e. The lowest BCUT2D eigenvalue weighted by atomic mass is 10.2. The van der Waals surface area contributed by atoms with E-state index in [1.807, 2.05) is 54.6 Å². The maximum absolute atomic E-state index is 12.3. The van der Waals surface area contributed by atoms with Crippen LogP contribution in [0.3, 0.4) is 0 Å². The van der Waals surface area contributed by atoms with E-state index >= 15 is 0 Å². The predicted octanol–water partition coefficient (Wildman–Crippen LogP) is 4.39. The first kappa shape index (κ1) is 19.2. The van der Waals surface area contributed by atoms with Gasteiger partial charge in [-0.2, -0.15) is 0 Å². The molecule has 0 atom stereocenters. The molecule has 3 aromatic rings. The average Bonchev–Trinajstić information content (AvgIpc) is 2.64. The van der Waals surface area contributed by atoms with Crippen LogP contribution in [-0.4, -0.2) is 20.1 Å². The Labute approximate surface area is 163 Å². The summed E-state index contributed by atoms with van der Waals surface area (Å²) in [6.45, 7) is 0. The molecule has 4 nitrogen and oxygen atoms in total. The van der Waals surface area contributed by atoms with Gasteiger partial charge >= 0.3 is 0 Å². The Bertz CT molecular complexity index is 1000. The summed E-state index contributed by atoms with van der Waals surface area (Å²) in [5.41, 5.74) is 1.27. The summed E-state index contributed by atoms with van der Waals surface area (Å²) in [5, 5.41) is 2.73. The van der Waals surface area contributed by atoms with Crippen LogP contribution < -0.4 is 5.32 Å². The zero-order chi connectivity index (χ0) is 19.1. The van der Waals surface area contributed by atoms with Crippen molar-refractivity contribution < 1.29 is 13.2 Å². The molecule has 3 rings (SSSR count). The Morgan fingerprint density at radius 2 is 1.41 bits per heavy atom. The lowest BCUT2D eigenvalue weighted by Gasteiger charge is -2.11. The highest BCUT2D eigenvalue weighted by Gasteiger charge is 2.18. The standard InChI is InChI=1S/C21H19NO3S2/c23-21(16-27(24,25)15-17-9-3-1-4-10-17)22-19-13-7-8-14-20(19)26-18-11-5-2-6-12-18/h1-14H,15-16H2,(H,22,23). The van der Waals surface area contributed by atoms with Crippen molar-refractivity contribution in [2.24, 2.45) is 0 Å². The molecule has 0 spiro atoms. The van der Waals surface area contributed by atoms with Gasteiger partial charge in [-0.05, 0) is 29.8 Å². The van der Waals surface area contributed by atoms with Crippen molar-refractivity contribution in [1.82, 2.24) is 0 Å². The second-order valence-electron chi connectivity index (χ2n) is 5.98. The van der Waals surface area contributed by atoms with Crippen LogP contribution in [0, 0.1) is 0 Å². The van der Waals surface area contributed by atoms with Gasteiger partial charge in [-0.15, -0.1) is 0 Å². The van der Waals surface area contributed by atoms with E-state index < -0.39 is 21.5 Å². The number of para-hydroxylation sites is 1. The van der Waals surface area contributed by atoms with E-state index in [-0.39, 0.29) is 5.75 Å². The summed E-state index contributed by atoms with van der Waals surface area (Å²) in [7, 11) is -3.54. The molecule has 1 amide bonds. The summed E-state index contributed by atoms with van der Waals surface area (Å²) in [6.07, 6.45) is 0. The minimum Gasteiger partial charge on any atom is -0.324 e. The maximum Gasteiger partial charge on any atom is 0.239 e. The first-order valence-electron chi connectivity index (χ1n) is 8.38. The zero-order valence-electron chi connectivity index (χ0n) is 14.5. The molecule has 0 radical (unpaired) electrons. The Kier molecular flexibility index (Phi) is 6.32. The number of nitrogens with one attached hydrogen (secondary N) is 1. The molecule has 0 unspecified atom stereocenters. The molecule has 1 N–H and O–H groups in total. The van der Waals surface area contributed by atoms with E-state index in [0.717, 1.165) is 9.79 Å². The molecule has 0 aromatic heterocycles. The van der Waals surface area contributed by atoms with E-state index in [4.69, 9.17) is 0 Å². The van der Waals surface area contributed by atoms with Gasteiger partial charge in [0.1, 0.15) is 5.75 Å². The molecule has 0 aliphatic rings. The fourth-order valence-corrected chi connectivity index (χ4v) is 4.74. The lowest BCUT2D eigenvalue weighted by molar-refractivity contribution is -0.113. The highest BCUT2D eigenvalue weighted by molar-refractivity contribution is 7.99. The molecule has 0 aliphatic heterocycles. The van der Waals surface area contributed by atoms with Crippen LogP contribution in [0.15, 0.2) is 94.7 Å². The Hall–Kier alpha value is -2.57. The van der Waals surface area contributed by atoms with Crippen molar-refractivity contribution in [1.29, 1.82) is 0 Å². The van der Waals surface area contributed by atoms with Gasteiger partial charge in [-0.3, -0.25) is 4.79 Å². The topological polar surface area (TPSA) is 63.2 Å². The molecule has 0 aliphatic carbocycles.